The van der Waals surface area contributed by atoms with Crippen molar-refractivity contribution in [1.29, 1.82) is 0 Å². The van der Waals surface area contributed by atoms with Gasteiger partial charge in [0, 0.05) is 30.2 Å². The minimum Gasteiger partial charge on any atom is -0.381 e. The number of hydrogen-bond donors (Lipinski definition) is 1. The maximum Gasteiger partial charge on any atom is 0.251 e. The monoisotopic (exact) mass is 259 g/mol. The van der Waals surface area contributed by atoms with Gasteiger partial charge in [-0.25, -0.2) is 0 Å². The van der Waals surface area contributed by atoms with Crippen molar-refractivity contribution in [2.75, 3.05) is 19.8 Å². The Morgan fingerprint density at radius 1 is 1.37 bits per heavy atom. The molecule has 1 atom stereocenters. The molecule has 1 fully saturated rings. The number of carbonyl (C=O) groups excluding carboxylic acids is 2. The predicted molar refractivity (Wildman–Crippen MR) is 70.4 cm³/mol. The van der Waals surface area contributed by atoms with Crippen LogP contribution in [0.3, 0.4) is 0 Å². The Bertz CT molecular complexity index is 518. The van der Waals surface area contributed by atoms with Crippen molar-refractivity contribution < 1.29 is 14.3 Å². The minimum absolute atomic E-state index is 0.0492. The number of hydrogen-bond acceptors (Lipinski definition) is 3. The lowest BCUT2D eigenvalue weighted by molar-refractivity contribution is 0.0900. The number of aryl methyl sites for hydroxylation is 1. The highest BCUT2D eigenvalue weighted by atomic mass is 16.5. The van der Waals surface area contributed by atoms with Crippen LogP contribution in [0, 0.1) is 5.92 Å². The average Bonchev–Trinajstić information content (AvgIpc) is 2.90. The molecule has 2 heterocycles. The number of Topliss-reactive ketones (excluding diaryl/α,β-unsaturated/α-hetero) is 1. The lowest BCUT2D eigenvalue weighted by atomic mass is 9.93. The molecule has 3 rings (SSSR count). The molecule has 0 aromatic heterocycles. The molecule has 4 heteroatoms. The molecule has 1 amide bonds. The molecule has 0 saturated carbocycles. The zero-order valence-corrected chi connectivity index (χ0v) is 10.8. The van der Waals surface area contributed by atoms with Gasteiger partial charge in [-0.3, -0.25) is 9.59 Å². The summed E-state index contributed by atoms with van der Waals surface area (Å²) in [5.74, 6) is -0.0194. The fraction of sp³-hybridized carbons (Fsp3) is 0.467. The fourth-order valence-corrected chi connectivity index (χ4v) is 2.71. The summed E-state index contributed by atoms with van der Waals surface area (Å²) < 4.78 is 5.25. The van der Waals surface area contributed by atoms with Gasteiger partial charge in [0.05, 0.1) is 6.61 Å². The second-order valence-corrected chi connectivity index (χ2v) is 5.16. The molecule has 0 bridgehead atoms. The van der Waals surface area contributed by atoms with Crippen molar-refractivity contribution in [3.05, 3.63) is 34.9 Å². The second kappa shape index (κ2) is 5.13. The predicted octanol–water partition coefficient (Wildman–Crippen LogP) is 1.58. The summed E-state index contributed by atoms with van der Waals surface area (Å²) >= 11 is 0. The molecule has 1 saturated heterocycles. The van der Waals surface area contributed by atoms with E-state index in [1.54, 1.807) is 6.07 Å². The summed E-state index contributed by atoms with van der Waals surface area (Å²) in [5, 5.41) is 2.86. The van der Waals surface area contributed by atoms with Gasteiger partial charge < -0.3 is 10.1 Å². The molecule has 1 N–H and O–H groups in total. The average molecular weight is 259 g/mol. The van der Waals surface area contributed by atoms with Gasteiger partial charge in [-0.2, -0.15) is 0 Å². The van der Waals surface area contributed by atoms with Gasteiger partial charge in [-0.1, -0.05) is 12.1 Å². The van der Waals surface area contributed by atoms with E-state index in [1.807, 2.05) is 12.1 Å². The highest BCUT2D eigenvalue weighted by Crippen LogP contribution is 2.22. The lowest BCUT2D eigenvalue weighted by Crippen LogP contribution is -2.23. The summed E-state index contributed by atoms with van der Waals surface area (Å²) in [7, 11) is 0. The van der Waals surface area contributed by atoms with Crippen LogP contribution in [0.1, 0.15) is 39.1 Å². The van der Waals surface area contributed by atoms with Gasteiger partial charge in [0.1, 0.15) is 0 Å². The van der Waals surface area contributed by atoms with Gasteiger partial charge in [0.15, 0.2) is 5.78 Å². The normalized spacial score (nSPS) is 22.5. The standard InChI is InChI=1S/C15H17NO3/c17-14(12-5-7-19-9-12)11-4-3-10-2-1-6-16-15(18)13(10)8-11/h3-4,8,12H,1-2,5-7,9H2,(H,16,18). The van der Waals surface area contributed by atoms with E-state index in [9.17, 15) is 9.59 Å². The van der Waals surface area contributed by atoms with Crippen LogP contribution in [0.5, 0.6) is 0 Å². The maximum absolute atomic E-state index is 12.3. The summed E-state index contributed by atoms with van der Waals surface area (Å²) in [5.41, 5.74) is 2.32. The highest BCUT2D eigenvalue weighted by molar-refractivity contribution is 6.02. The zero-order valence-electron chi connectivity index (χ0n) is 10.8. The molecule has 100 valence electrons. The third-order valence-corrected chi connectivity index (χ3v) is 3.85. The van der Waals surface area contributed by atoms with Crippen molar-refractivity contribution in [3.8, 4) is 0 Å². The molecule has 1 unspecified atom stereocenters. The minimum atomic E-state index is -0.0650. The molecule has 1 aromatic carbocycles. The number of rotatable bonds is 2. The Morgan fingerprint density at radius 3 is 3.05 bits per heavy atom. The van der Waals surface area contributed by atoms with Gasteiger partial charge in [0.2, 0.25) is 0 Å². The summed E-state index contributed by atoms with van der Waals surface area (Å²) in [6.45, 7) is 1.86. The number of ketones is 1. The Labute approximate surface area is 112 Å². The Hall–Kier alpha value is -1.68. The first-order valence-corrected chi connectivity index (χ1v) is 6.79. The fourth-order valence-electron chi connectivity index (χ4n) is 2.71. The van der Waals surface area contributed by atoms with Crippen LogP contribution in [0.2, 0.25) is 0 Å². The van der Waals surface area contributed by atoms with Crippen LogP contribution in [0.4, 0.5) is 0 Å². The Balaban J connectivity index is 1.91. The smallest absolute Gasteiger partial charge is 0.251 e. The largest absolute Gasteiger partial charge is 0.381 e. The first-order valence-electron chi connectivity index (χ1n) is 6.79. The van der Waals surface area contributed by atoms with Crippen LogP contribution < -0.4 is 5.32 Å². The van der Waals surface area contributed by atoms with E-state index in [-0.39, 0.29) is 17.6 Å². The second-order valence-electron chi connectivity index (χ2n) is 5.16. The number of amides is 1. The van der Waals surface area contributed by atoms with Gasteiger partial charge in [-0.05, 0) is 30.9 Å². The van der Waals surface area contributed by atoms with Gasteiger partial charge >= 0.3 is 0 Å². The molecule has 2 aliphatic rings. The maximum atomic E-state index is 12.3. The van der Waals surface area contributed by atoms with E-state index in [4.69, 9.17) is 4.74 Å². The van der Waals surface area contributed by atoms with E-state index in [2.05, 4.69) is 5.32 Å². The van der Waals surface area contributed by atoms with Gasteiger partial charge in [0.25, 0.3) is 5.91 Å². The molecule has 1 aromatic rings. The molecule has 4 nitrogen and oxygen atoms in total. The topological polar surface area (TPSA) is 55.4 Å². The van der Waals surface area contributed by atoms with Crippen LogP contribution in [0.15, 0.2) is 18.2 Å². The van der Waals surface area contributed by atoms with E-state index in [0.29, 0.717) is 30.9 Å². The quantitative estimate of drug-likeness (QED) is 0.820. The Kier molecular flexibility index (Phi) is 3.34. The number of nitrogens with one attached hydrogen (secondary N) is 1. The number of ether oxygens (including phenoxy) is 1. The number of benzene rings is 1. The highest BCUT2D eigenvalue weighted by Gasteiger charge is 2.26. The number of fused-ring (bicyclic) bond motifs is 1. The first kappa shape index (κ1) is 12.4. The summed E-state index contributed by atoms with van der Waals surface area (Å²) in [6.07, 6.45) is 2.61. The van der Waals surface area contributed by atoms with E-state index < -0.39 is 0 Å². The molecule has 19 heavy (non-hydrogen) atoms. The molecule has 2 aliphatic heterocycles. The molecule has 0 radical (unpaired) electrons. The molecule has 0 spiro atoms. The third kappa shape index (κ3) is 2.40. The summed E-state index contributed by atoms with van der Waals surface area (Å²) in [4.78, 5) is 24.3. The van der Waals surface area contributed by atoms with E-state index in [0.717, 1.165) is 24.8 Å². The third-order valence-electron chi connectivity index (χ3n) is 3.85. The van der Waals surface area contributed by atoms with Crippen molar-refractivity contribution in [2.24, 2.45) is 5.92 Å². The van der Waals surface area contributed by atoms with Crippen LogP contribution >= 0.6 is 0 Å². The lowest BCUT2D eigenvalue weighted by Gasteiger charge is -2.10. The van der Waals surface area contributed by atoms with Crippen molar-refractivity contribution in [1.82, 2.24) is 5.32 Å². The van der Waals surface area contributed by atoms with Crippen molar-refractivity contribution in [3.63, 3.8) is 0 Å². The van der Waals surface area contributed by atoms with Crippen LogP contribution in [-0.4, -0.2) is 31.4 Å². The number of carbonyl (C=O) groups is 2. The van der Waals surface area contributed by atoms with E-state index >= 15 is 0 Å². The van der Waals surface area contributed by atoms with Crippen LogP contribution in [0.25, 0.3) is 0 Å². The summed E-state index contributed by atoms with van der Waals surface area (Å²) in [6, 6.07) is 5.51. The van der Waals surface area contributed by atoms with E-state index in [1.165, 1.54) is 0 Å². The Morgan fingerprint density at radius 2 is 2.26 bits per heavy atom. The van der Waals surface area contributed by atoms with Crippen molar-refractivity contribution >= 4 is 11.7 Å². The van der Waals surface area contributed by atoms with Crippen molar-refractivity contribution in [2.45, 2.75) is 19.3 Å². The SMILES string of the molecule is O=C1NCCCc2ccc(C(=O)C3CCOC3)cc21. The zero-order chi connectivity index (χ0) is 13.2. The van der Waals surface area contributed by atoms with Gasteiger partial charge in [-0.15, -0.1) is 0 Å². The molecular weight excluding hydrogens is 242 g/mol. The molecule has 0 aliphatic carbocycles. The first-order chi connectivity index (χ1) is 9.25. The molecular formula is C15H17NO3. The van der Waals surface area contributed by atoms with Crippen LogP contribution in [-0.2, 0) is 11.2 Å².